The highest BCUT2D eigenvalue weighted by atomic mass is 32.2. The molecule has 8 N–H and O–H groups in total. The second-order valence-electron chi connectivity index (χ2n) is 12.0. The van der Waals surface area contributed by atoms with Crippen LogP contribution in [0.4, 0.5) is 27.5 Å². The molecule has 0 bridgehead atoms. The Hall–Kier alpha value is -6.45. The number of hydrogen-bond acceptors (Lipinski definition) is 15. The molecule has 4 aromatic carbocycles. The molecule has 0 aliphatic heterocycles. The molecule has 0 heterocycles. The third kappa shape index (κ3) is 9.06. The van der Waals surface area contributed by atoms with Crippen LogP contribution >= 0.6 is 0 Å². The predicted octanol–water partition coefficient (Wildman–Crippen LogP) is 3.61. The molecule has 2 amide bonds. The van der Waals surface area contributed by atoms with Crippen LogP contribution in [0.25, 0.3) is 12.2 Å². The molecular weight excluding hydrogens is 849 g/mol. The van der Waals surface area contributed by atoms with Crippen LogP contribution in [0.5, 0.6) is 0 Å². The normalized spacial score (nSPS) is 15.9. The van der Waals surface area contributed by atoms with Crippen molar-refractivity contribution in [2.24, 2.45) is 10.2 Å². The first-order valence-electron chi connectivity index (χ1n) is 15.7. The number of urea groups is 1. The van der Waals surface area contributed by atoms with Crippen molar-refractivity contribution in [2.75, 3.05) is 21.5 Å². The van der Waals surface area contributed by atoms with Gasteiger partial charge in [0, 0.05) is 22.5 Å². The van der Waals surface area contributed by atoms with E-state index in [9.17, 15) is 57.2 Å². The molecule has 0 saturated heterocycles. The van der Waals surface area contributed by atoms with Gasteiger partial charge in [0.15, 0.2) is 11.4 Å². The molecule has 0 fully saturated rings. The lowest BCUT2D eigenvalue weighted by Crippen LogP contribution is -2.27. The van der Waals surface area contributed by atoms with Crippen LogP contribution in [-0.2, 0) is 40.5 Å². The minimum atomic E-state index is -5.07. The second kappa shape index (κ2) is 15.1. The lowest BCUT2D eigenvalue weighted by atomic mass is 9.94. The van der Waals surface area contributed by atoms with Gasteiger partial charge in [-0.25, -0.2) is 4.79 Å². The number of fused-ring (bicyclic) bond motifs is 2. The van der Waals surface area contributed by atoms with Crippen LogP contribution in [0, 0.1) is 0 Å². The van der Waals surface area contributed by atoms with Crippen molar-refractivity contribution in [2.45, 2.75) is 9.79 Å². The van der Waals surface area contributed by atoms with Crippen LogP contribution in [-0.4, -0.2) is 80.9 Å². The number of allylic oxidation sites excluding steroid dienone is 2. The fraction of sp³-hybridized carbons (Fsp3) is 0. The van der Waals surface area contributed by atoms with E-state index in [0.29, 0.717) is 0 Å². The minimum absolute atomic E-state index is 0.0232. The monoisotopic (exact) mass is 872 g/mol. The molecule has 6 rings (SSSR count). The maximum Gasteiger partial charge on any atom is 0.323 e. The van der Waals surface area contributed by atoms with Crippen LogP contribution < -0.4 is 21.5 Å². The molecule has 2 aliphatic carbocycles. The van der Waals surface area contributed by atoms with Gasteiger partial charge in [-0.1, -0.05) is 0 Å². The Morgan fingerprint density at radius 3 is 1.10 bits per heavy atom. The zero-order valence-corrected chi connectivity index (χ0v) is 31.8. The van der Waals surface area contributed by atoms with E-state index in [1.54, 1.807) is 0 Å². The molecule has 2 aliphatic rings. The molecule has 0 aromatic heterocycles. The molecular formula is C33H24N6O15S4. The van der Waals surface area contributed by atoms with Crippen molar-refractivity contribution < 1.29 is 66.3 Å². The van der Waals surface area contributed by atoms with E-state index in [1.165, 1.54) is 60.7 Å². The summed E-state index contributed by atoms with van der Waals surface area (Å²) in [6.45, 7) is 0. The van der Waals surface area contributed by atoms with E-state index < -0.39 is 89.1 Å². The predicted molar refractivity (Wildman–Crippen MR) is 208 cm³/mol. The van der Waals surface area contributed by atoms with Crippen molar-refractivity contribution in [3.63, 3.8) is 0 Å². The van der Waals surface area contributed by atoms with Crippen LogP contribution in [0.15, 0.2) is 115 Å². The standard InChI is InChI=1S/C33H24N6O15S4/c40-31-25-11-5-21(13-17(25)15-27(57(49,50)51)29(31)38-36-19-1-7-23(8-2-19)55(43,44)45)34-33(42)35-22-6-12-26-18(14-22)16-28(58(52,53)54)30(32(26)41)39-37-20-3-9-24(10-4-20)56(46,47)48/h1-16,36-37H,(H2,34,35,42)(H,43,44,45)(H,46,47,48)(H,49,50,51)(H,52,53,54). The minimum Gasteiger partial charge on any atom is -0.308 e. The smallest absolute Gasteiger partial charge is 0.308 e. The number of benzene rings is 4. The number of hydrogen-bond donors (Lipinski definition) is 8. The van der Waals surface area contributed by atoms with Gasteiger partial charge in [0.1, 0.15) is 9.81 Å². The molecule has 25 heteroatoms. The summed E-state index contributed by atoms with van der Waals surface area (Å²) in [5.41, 5.74) is 3.23. The molecule has 0 spiro atoms. The Morgan fingerprint density at radius 2 is 0.793 bits per heavy atom. The Balaban J connectivity index is 1.20. The molecule has 0 saturated carbocycles. The summed E-state index contributed by atoms with van der Waals surface area (Å²) < 4.78 is 132. The maximum absolute atomic E-state index is 13.3. The van der Waals surface area contributed by atoms with E-state index in [0.717, 1.165) is 36.4 Å². The van der Waals surface area contributed by atoms with E-state index in [2.05, 4.69) is 31.7 Å². The summed E-state index contributed by atoms with van der Waals surface area (Å²) in [7, 11) is -19.2. The Labute approximate surface area is 327 Å². The number of carbonyl (C=O) groups excluding carboxylic acids is 3. The number of nitrogens with one attached hydrogen (secondary N) is 4. The average molecular weight is 873 g/mol. The fourth-order valence-corrected chi connectivity index (χ4v) is 7.65. The molecule has 4 aromatic rings. The summed E-state index contributed by atoms with van der Waals surface area (Å²) in [5, 5.41) is 12.5. The van der Waals surface area contributed by atoms with Crippen molar-refractivity contribution >= 4 is 104 Å². The third-order valence-corrected chi connectivity index (χ3v) is 11.5. The third-order valence-electron chi connectivity index (χ3n) is 8.03. The van der Waals surface area contributed by atoms with Crippen molar-refractivity contribution in [1.29, 1.82) is 0 Å². The van der Waals surface area contributed by atoms with Gasteiger partial charge in [0.2, 0.25) is 11.6 Å². The SMILES string of the molecule is O=C(Nc1ccc2c(c1)C=C(S(=O)(=O)O)C(=NNc1ccc(S(=O)(=O)O)cc1)C2=O)Nc1ccc2c(c1)C=C(S(=O)(=O)O)C(=NNc1ccc(S(=O)(=O)O)cc1)C2=O. The maximum atomic E-state index is 13.3. The van der Waals surface area contributed by atoms with Crippen LogP contribution in [0.3, 0.4) is 0 Å². The number of rotatable bonds is 10. The molecule has 300 valence electrons. The molecule has 0 unspecified atom stereocenters. The number of ketones is 2. The zero-order chi connectivity index (χ0) is 42.4. The lowest BCUT2D eigenvalue weighted by molar-refractivity contribution is 0.105. The first-order valence-corrected chi connectivity index (χ1v) is 21.4. The number of nitrogens with zero attached hydrogens (tertiary/aromatic N) is 2. The Kier molecular flexibility index (Phi) is 10.8. The first-order chi connectivity index (χ1) is 27.0. The highest BCUT2D eigenvalue weighted by molar-refractivity contribution is 7.91. The molecule has 0 radical (unpaired) electrons. The number of hydrazone groups is 2. The van der Waals surface area contributed by atoms with Crippen molar-refractivity contribution in [1.82, 2.24) is 0 Å². The van der Waals surface area contributed by atoms with E-state index in [4.69, 9.17) is 9.11 Å². The Morgan fingerprint density at radius 1 is 0.466 bits per heavy atom. The van der Waals surface area contributed by atoms with Gasteiger partial charge in [-0.2, -0.15) is 43.9 Å². The summed E-state index contributed by atoms with van der Waals surface area (Å²) >= 11 is 0. The number of amides is 2. The highest BCUT2D eigenvalue weighted by Gasteiger charge is 2.34. The van der Waals surface area contributed by atoms with E-state index in [1.807, 2.05) is 0 Å². The van der Waals surface area contributed by atoms with E-state index >= 15 is 0 Å². The lowest BCUT2D eigenvalue weighted by Gasteiger charge is -2.18. The largest absolute Gasteiger partial charge is 0.323 e. The summed E-state index contributed by atoms with van der Waals surface area (Å²) in [5.74, 6) is -1.91. The van der Waals surface area contributed by atoms with Crippen LogP contribution in [0.2, 0.25) is 0 Å². The number of Topliss-reactive ketones (excluding diaryl/α,β-unsaturated/α-hetero) is 2. The van der Waals surface area contributed by atoms with Crippen molar-refractivity contribution in [3.05, 3.63) is 117 Å². The Bertz CT molecular complexity index is 2830. The quantitative estimate of drug-likeness (QED) is 0.0833. The van der Waals surface area contributed by atoms with Gasteiger partial charge in [-0.15, -0.1) is 0 Å². The zero-order valence-electron chi connectivity index (χ0n) is 28.5. The van der Waals surface area contributed by atoms with Gasteiger partial charge < -0.3 is 10.6 Å². The fourth-order valence-electron chi connectivity index (χ4n) is 5.37. The van der Waals surface area contributed by atoms with Gasteiger partial charge in [0.05, 0.1) is 21.2 Å². The van der Waals surface area contributed by atoms with E-state index in [-0.39, 0.29) is 45.0 Å². The molecule has 58 heavy (non-hydrogen) atoms. The average Bonchev–Trinajstić information content (AvgIpc) is 3.12. The van der Waals surface area contributed by atoms with Gasteiger partial charge >= 0.3 is 6.03 Å². The summed E-state index contributed by atoms with van der Waals surface area (Å²) in [6.07, 6.45) is 1.84. The summed E-state index contributed by atoms with van der Waals surface area (Å²) in [4.78, 5) is 36.9. The topological polar surface area (TPSA) is 342 Å². The summed E-state index contributed by atoms with van der Waals surface area (Å²) in [6, 6.07) is 15.3. The number of anilines is 4. The van der Waals surface area contributed by atoms with Gasteiger partial charge in [-0.3, -0.25) is 38.7 Å². The van der Waals surface area contributed by atoms with Crippen molar-refractivity contribution in [3.8, 4) is 0 Å². The second-order valence-corrected chi connectivity index (χ2v) is 17.6. The molecule has 21 nitrogen and oxygen atoms in total. The molecule has 0 atom stereocenters. The highest BCUT2D eigenvalue weighted by Crippen LogP contribution is 2.30. The van der Waals surface area contributed by atoms with Gasteiger partial charge in [0.25, 0.3) is 40.5 Å². The van der Waals surface area contributed by atoms with Crippen LogP contribution in [0.1, 0.15) is 31.8 Å². The first kappa shape index (κ1) is 41.2. The van der Waals surface area contributed by atoms with Gasteiger partial charge in [-0.05, 0) is 108 Å². The number of carbonyl (C=O) groups is 3.